The molecule has 0 saturated heterocycles. The van der Waals surface area contributed by atoms with Gasteiger partial charge in [-0.2, -0.15) is 0 Å². The molecule has 20 heavy (non-hydrogen) atoms. The molecule has 0 unspecified atom stereocenters. The van der Waals surface area contributed by atoms with Gasteiger partial charge < -0.3 is 0 Å². The summed E-state index contributed by atoms with van der Waals surface area (Å²) in [5.41, 5.74) is 0.0859. The average Bonchev–Trinajstić information content (AvgIpc) is 2.49. The average molecular weight is 254 g/mol. The standard InChI is InChI=1S/C16H6N4/c1-19-15(9-17)13-5-3-12-8-14(16(10-18)20-2)6-4-11(12)7-13/h3-8H. The van der Waals surface area contributed by atoms with Crippen LogP contribution in [0.25, 0.3) is 31.9 Å². The third-order valence-electron chi connectivity index (χ3n) is 2.82. The van der Waals surface area contributed by atoms with Gasteiger partial charge in [0.1, 0.15) is 0 Å². The third kappa shape index (κ3) is 2.19. The van der Waals surface area contributed by atoms with Gasteiger partial charge in [-0.05, 0) is 21.2 Å². The van der Waals surface area contributed by atoms with E-state index in [1.54, 1.807) is 36.4 Å². The quantitative estimate of drug-likeness (QED) is 0.674. The molecule has 0 N–H and O–H groups in total. The number of hydrogen-bond donors (Lipinski definition) is 0. The van der Waals surface area contributed by atoms with Crippen LogP contribution in [0.2, 0.25) is 0 Å². The zero-order chi connectivity index (χ0) is 14.5. The molecule has 0 aromatic heterocycles. The van der Waals surface area contributed by atoms with E-state index in [0.717, 1.165) is 10.8 Å². The van der Waals surface area contributed by atoms with Gasteiger partial charge in [0.15, 0.2) is 0 Å². The number of benzene rings is 2. The lowest BCUT2D eigenvalue weighted by Crippen LogP contribution is -2.05. The van der Waals surface area contributed by atoms with Crippen LogP contribution in [-0.4, -0.2) is 0 Å². The number of rotatable bonds is 0. The predicted molar refractivity (Wildman–Crippen MR) is 74.4 cm³/mol. The first kappa shape index (κ1) is 12.8. The molecule has 0 bridgehead atoms. The molecule has 0 spiro atoms. The largest absolute Gasteiger partial charge is 0.268 e. The van der Waals surface area contributed by atoms with Crippen LogP contribution in [-0.2, 0) is 0 Å². The van der Waals surface area contributed by atoms with Crippen molar-refractivity contribution < 1.29 is 0 Å². The Morgan fingerprint density at radius 1 is 0.800 bits per heavy atom. The van der Waals surface area contributed by atoms with Gasteiger partial charge in [-0.25, -0.2) is 20.2 Å². The molecule has 0 radical (unpaired) electrons. The molecule has 2 aromatic rings. The molecular formula is C16H6N4. The van der Waals surface area contributed by atoms with Crippen LogP contribution < -0.4 is 10.4 Å². The minimum atomic E-state index is 0.0430. The highest BCUT2D eigenvalue weighted by molar-refractivity contribution is 5.85. The van der Waals surface area contributed by atoms with Gasteiger partial charge in [0.25, 0.3) is 11.4 Å². The van der Waals surface area contributed by atoms with Crippen molar-refractivity contribution in [3.8, 4) is 12.1 Å². The van der Waals surface area contributed by atoms with Crippen molar-refractivity contribution in [2.75, 3.05) is 0 Å². The van der Waals surface area contributed by atoms with Crippen molar-refractivity contribution >= 4 is 22.2 Å². The minimum Gasteiger partial charge on any atom is -0.226 e. The van der Waals surface area contributed by atoms with Gasteiger partial charge in [0.05, 0.1) is 25.3 Å². The minimum absolute atomic E-state index is 0.0430. The second-order valence-corrected chi connectivity index (χ2v) is 3.92. The summed E-state index contributed by atoms with van der Waals surface area (Å²) in [6.07, 6.45) is 0. The van der Waals surface area contributed by atoms with E-state index in [1.165, 1.54) is 0 Å². The fraction of sp³-hybridized carbons (Fsp3) is 0. The molecular weight excluding hydrogens is 248 g/mol. The normalized spacial score (nSPS) is 12.4. The van der Waals surface area contributed by atoms with E-state index in [2.05, 4.69) is 9.69 Å². The van der Waals surface area contributed by atoms with Crippen molar-refractivity contribution in [1.29, 1.82) is 10.5 Å². The molecule has 2 rings (SSSR count). The van der Waals surface area contributed by atoms with Gasteiger partial charge in [0.2, 0.25) is 0 Å². The van der Waals surface area contributed by atoms with Crippen LogP contribution in [0.3, 0.4) is 0 Å². The van der Waals surface area contributed by atoms with Crippen molar-refractivity contribution in [1.82, 2.24) is 0 Å². The highest BCUT2D eigenvalue weighted by Gasteiger charge is 1.99. The van der Waals surface area contributed by atoms with E-state index >= 15 is 0 Å². The maximum absolute atomic E-state index is 8.86. The molecule has 4 nitrogen and oxygen atoms in total. The molecule has 0 fully saturated rings. The highest BCUT2D eigenvalue weighted by Crippen LogP contribution is 2.09. The Morgan fingerprint density at radius 3 is 1.50 bits per heavy atom. The first-order valence-electron chi connectivity index (χ1n) is 5.57. The maximum Gasteiger partial charge on any atom is 0.268 e. The summed E-state index contributed by atoms with van der Waals surface area (Å²) in [6.45, 7) is 13.9. The van der Waals surface area contributed by atoms with Crippen LogP contribution in [0.15, 0.2) is 36.4 Å². The molecule has 0 saturated carbocycles. The smallest absolute Gasteiger partial charge is 0.226 e. The van der Waals surface area contributed by atoms with E-state index in [4.69, 9.17) is 23.7 Å². The van der Waals surface area contributed by atoms with Gasteiger partial charge in [-0.3, -0.25) is 0 Å². The Hall–Kier alpha value is -3.60. The summed E-state index contributed by atoms with van der Waals surface area (Å²) in [4.78, 5) is 6.35. The van der Waals surface area contributed by atoms with E-state index in [1.807, 2.05) is 12.1 Å². The zero-order valence-corrected chi connectivity index (χ0v) is 10.3. The maximum atomic E-state index is 8.86. The number of hydrogen-bond acceptors (Lipinski definition) is 2. The molecule has 0 atom stereocenters. The summed E-state index contributed by atoms with van der Waals surface area (Å²) in [5.74, 6) is 0. The Bertz CT molecular complexity index is 871. The molecule has 90 valence electrons. The fourth-order valence-corrected chi connectivity index (χ4v) is 1.85. The fourth-order valence-electron chi connectivity index (χ4n) is 1.85. The lowest BCUT2D eigenvalue weighted by atomic mass is 10.1. The van der Waals surface area contributed by atoms with Gasteiger partial charge >= 0.3 is 0 Å². The Kier molecular flexibility index (Phi) is 3.45. The Morgan fingerprint density at radius 2 is 1.20 bits per heavy atom. The SMILES string of the molecule is [C-]#[N+]C(C#N)=c1ccc2cc(=C(C#N)[N+]#[C-])ccc2c1. The van der Waals surface area contributed by atoms with Crippen LogP contribution in [0.5, 0.6) is 0 Å². The summed E-state index contributed by atoms with van der Waals surface area (Å²) in [7, 11) is 0. The molecule has 2 aromatic carbocycles. The first-order valence-corrected chi connectivity index (χ1v) is 5.57. The molecule has 4 heteroatoms. The van der Waals surface area contributed by atoms with Crippen LogP contribution in [0.4, 0.5) is 0 Å². The monoisotopic (exact) mass is 254 g/mol. The van der Waals surface area contributed by atoms with Crippen LogP contribution in [0.1, 0.15) is 0 Å². The summed E-state index contributed by atoms with van der Waals surface area (Å²) >= 11 is 0. The summed E-state index contributed by atoms with van der Waals surface area (Å²) in [5, 5.41) is 20.6. The van der Waals surface area contributed by atoms with Gasteiger partial charge in [-0.1, -0.05) is 36.4 Å². The third-order valence-corrected chi connectivity index (χ3v) is 2.82. The van der Waals surface area contributed by atoms with Crippen molar-refractivity contribution in [3.63, 3.8) is 0 Å². The van der Waals surface area contributed by atoms with Crippen LogP contribution >= 0.6 is 0 Å². The highest BCUT2D eigenvalue weighted by atomic mass is 14.7. The van der Waals surface area contributed by atoms with Crippen molar-refractivity contribution in [2.45, 2.75) is 0 Å². The first-order chi connectivity index (χ1) is 9.73. The molecule has 0 heterocycles. The van der Waals surface area contributed by atoms with E-state index in [9.17, 15) is 0 Å². The molecule has 0 amide bonds. The Balaban J connectivity index is 2.84. The van der Waals surface area contributed by atoms with E-state index < -0.39 is 0 Å². The molecule has 0 aliphatic carbocycles. The lowest BCUT2D eigenvalue weighted by molar-refractivity contribution is 1.51. The van der Waals surface area contributed by atoms with E-state index in [-0.39, 0.29) is 11.4 Å². The molecule has 0 aliphatic rings. The van der Waals surface area contributed by atoms with Gasteiger partial charge in [0, 0.05) is 0 Å². The van der Waals surface area contributed by atoms with Crippen molar-refractivity contribution in [2.24, 2.45) is 0 Å². The number of nitriles is 2. The topological polar surface area (TPSA) is 56.3 Å². The number of nitrogens with zero attached hydrogens (tertiary/aromatic N) is 4. The van der Waals surface area contributed by atoms with Crippen LogP contribution in [0, 0.1) is 35.8 Å². The van der Waals surface area contributed by atoms with E-state index in [0.29, 0.717) is 10.4 Å². The van der Waals surface area contributed by atoms with Crippen molar-refractivity contribution in [3.05, 3.63) is 69.7 Å². The predicted octanol–water partition coefficient (Wildman–Crippen LogP) is 1.94. The second kappa shape index (κ2) is 5.36. The lowest BCUT2D eigenvalue weighted by Gasteiger charge is -1.98. The van der Waals surface area contributed by atoms with Gasteiger partial charge in [-0.15, -0.1) is 0 Å². The second-order valence-electron chi connectivity index (χ2n) is 3.92. The Labute approximate surface area is 115 Å². The summed E-state index contributed by atoms with van der Waals surface area (Å²) < 4.78 is 0. The summed E-state index contributed by atoms with van der Waals surface area (Å²) in [6, 6.07) is 14.1. The molecule has 0 aliphatic heterocycles. The zero-order valence-electron chi connectivity index (χ0n) is 10.3. The number of fused-ring (bicyclic) bond motifs is 1.